The lowest BCUT2D eigenvalue weighted by molar-refractivity contribution is -0.133. The molecular formula is C26H30N6O3. The molecule has 9 heteroatoms. The van der Waals surface area contributed by atoms with Gasteiger partial charge in [-0.25, -0.2) is 4.68 Å². The van der Waals surface area contributed by atoms with Crippen molar-refractivity contribution >= 4 is 34.9 Å². The molecule has 0 spiro atoms. The summed E-state index contributed by atoms with van der Waals surface area (Å²) in [6.45, 7) is 4.20. The van der Waals surface area contributed by atoms with E-state index in [0.717, 1.165) is 37.2 Å². The van der Waals surface area contributed by atoms with Crippen LogP contribution in [0.4, 0.5) is 17.2 Å². The first kappa shape index (κ1) is 24.2. The Bertz CT molecular complexity index is 1180. The summed E-state index contributed by atoms with van der Waals surface area (Å²) in [5.41, 5.74) is 2.94. The molecule has 0 atom stereocenters. The number of benzene rings is 2. The molecule has 3 amide bonds. The summed E-state index contributed by atoms with van der Waals surface area (Å²) < 4.78 is 1.62. The number of rotatable bonds is 6. The molecule has 35 heavy (non-hydrogen) atoms. The Morgan fingerprint density at radius 3 is 2.20 bits per heavy atom. The molecule has 1 aromatic heterocycles. The van der Waals surface area contributed by atoms with E-state index in [2.05, 4.69) is 25.9 Å². The van der Waals surface area contributed by atoms with Crippen molar-refractivity contribution < 1.29 is 14.4 Å². The summed E-state index contributed by atoms with van der Waals surface area (Å²) in [5, 5.41) is 12.2. The summed E-state index contributed by atoms with van der Waals surface area (Å²) in [7, 11) is 0. The van der Waals surface area contributed by atoms with Gasteiger partial charge in [0.1, 0.15) is 0 Å². The predicted molar refractivity (Wildman–Crippen MR) is 136 cm³/mol. The van der Waals surface area contributed by atoms with Crippen LogP contribution in [-0.2, 0) is 14.4 Å². The van der Waals surface area contributed by atoms with Crippen molar-refractivity contribution in [2.75, 3.05) is 35.6 Å². The molecule has 3 aromatic rings. The fourth-order valence-corrected chi connectivity index (χ4v) is 3.97. The molecule has 1 saturated heterocycles. The first-order valence-corrected chi connectivity index (χ1v) is 11.8. The number of nitrogens with one attached hydrogen (secondary N) is 3. The molecule has 1 aliphatic heterocycles. The third kappa shape index (κ3) is 7.00. The summed E-state index contributed by atoms with van der Waals surface area (Å²) in [5.74, 6) is -1.50. The SMILES string of the molecule is Cc1ccc(-n2ccc(NC(=O)C(=O)Nc3cccc(NC(=O)CN4CCCCCC4)c3)n2)cc1. The van der Waals surface area contributed by atoms with Crippen LogP contribution in [0.15, 0.2) is 60.8 Å². The lowest BCUT2D eigenvalue weighted by atomic mass is 10.2. The van der Waals surface area contributed by atoms with Gasteiger partial charge in [0.25, 0.3) is 0 Å². The van der Waals surface area contributed by atoms with Gasteiger partial charge in [0.05, 0.1) is 12.2 Å². The fourth-order valence-electron chi connectivity index (χ4n) is 3.97. The molecule has 182 valence electrons. The standard InChI is InChI=1S/C26H30N6O3/c1-19-9-11-22(12-10-19)32-16-13-23(30-32)29-26(35)25(34)28-21-8-6-7-20(17-21)27-24(33)18-31-14-4-2-3-5-15-31/h6-13,16-17H,2-5,14-15,18H2,1H3,(H,27,33)(H,28,34)(H,29,30,35). The molecule has 9 nitrogen and oxygen atoms in total. The molecule has 2 heterocycles. The first-order valence-electron chi connectivity index (χ1n) is 11.8. The lowest BCUT2D eigenvalue weighted by Crippen LogP contribution is -2.34. The maximum absolute atomic E-state index is 12.4. The average Bonchev–Trinajstić information content (AvgIpc) is 3.14. The fraction of sp³-hybridized carbons (Fsp3) is 0.308. The van der Waals surface area contributed by atoms with E-state index in [4.69, 9.17) is 0 Å². The molecule has 0 saturated carbocycles. The third-order valence-corrected chi connectivity index (χ3v) is 5.81. The molecular weight excluding hydrogens is 444 g/mol. The number of carbonyl (C=O) groups excluding carboxylic acids is 3. The second-order valence-corrected chi connectivity index (χ2v) is 8.71. The van der Waals surface area contributed by atoms with Crippen molar-refractivity contribution in [3.8, 4) is 5.69 Å². The Morgan fingerprint density at radius 1 is 0.829 bits per heavy atom. The van der Waals surface area contributed by atoms with Gasteiger partial charge in [0, 0.05) is 23.6 Å². The monoisotopic (exact) mass is 474 g/mol. The van der Waals surface area contributed by atoms with Gasteiger partial charge in [-0.2, -0.15) is 5.10 Å². The summed E-state index contributed by atoms with van der Waals surface area (Å²) in [6.07, 6.45) is 6.35. The van der Waals surface area contributed by atoms with Crippen molar-refractivity contribution in [1.29, 1.82) is 0 Å². The van der Waals surface area contributed by atoms with Crippen molar-refractivity contribution in [3.63, 3.8) is 0 Å². The van der Waals surface area contributed by atoms with Gasteiger partial charge in [-0.15, -0.1) is 0 Å². The number of hydrogen-bond donors (Lipinski definition) is 3. The van der Waals surface area contributed by atoms with Crippen LogP contribution in [-0.4, -0.2) is 52.0 Å². The van der Waals surface area contributed by atoms with Crippen molar-refractivity contribution in [2.24, 2.45) is 0 Å². The van der Waals surface area contributed by atoms with Crippen LogP contribution in [0.3, 0.4) is 0 Å². The quantitative estimate of drug-likeness (QED) is 0.474. The van der Waals surface area contributed by atoms with E-state index in [1.54, 1.807) is 41.2 Å². The topological polar surface area (TPSA) is 108 Å². The van der Waals surface area contributed by atoms with Crippen LogP contribution in [0.1, 0.15) is 31.2 Å². The Hall–Kier alpha value is -3.98. The van der Waals surface area contributed by atoms with Gasteiger partial charge in [0.15, 0.2) is 5.82 Å². The molecule has 0 bridgehead atoms. The van der Waals surface area contributed by atoms with E-state index in [-0.39, 0.29) is 11.7 Å². The molecule has 1 aliphatic rings. The second kappa shape index (κ2) is 11.4. The number of nitrogens with zero attached hydrogens (tertiary/aromatic N) is 3. The van der Waals surface area contributed by atoms with E-state index < -0.39 is 11.8 Å². The van der Waals surface area contributed by atoms with E-state index in [1.165, 1.54) is 12.8 Å². The van der Waals surface area contributed by atoms with Crippen LogP contribution >= 0.6 is 0 Å². The van der Waals surface area contributed by atoms with E-state index >= 15 is 0 Å². The van der Waals surface area contributed by atoms with Crippen LogP contribution < -0.4 is 16.0 Å². The number of anilines is 3. The minimum atomic E-state index is -0.838. The predicted octanol–water partition coefficient (Wildman–Crippen LogP) is 3.57. The Kier molecular flexibility index (Phi) is 7.89. The number of carbonyl (C=O) groups is 3. The highest BCUT2D eigenvalue weighted by molar-refractivity contribution is 6.43. The van der Waals surface area contributed by atoms with E-state index in [9.17, 15) is 14.4 Å². The maximum atomic E-state index is 12.4. The molecule has 2 aromatic carbocycles. The summed E-state index contributed by atoms with van der Waals surface area (Å²) >= 11 is 0. The first-order chi connectivity index (χ1) is 17.0. The minimum absolute atomic E-state index is 0.0997. The van der Waals surface area contributed by atoms with Crippen molar-refractivity contribution in [3.05, 3.63) is 66.4 Å². The number of aryl methyl sites for hydroxylation is 1. The zero-order chi connectivity index (χ0) is 24.6. The number of aromatic nitrogens is 2. The van der Waals surface area contributed by atoms with E-state index in [0.29, 0.717) is 17.9 Å². The Labute approximate surface area is 204 Å². The zero-order valence-electron chi connectivity index (χ0n) is 19.8. The van der Waals surface area contributed by atoms with Gasteiger partial charge in [-0.1, -0.05) is 36.6 Å². The molecule has 3 N–H and O–H groups in total. The van der Waals surface area contributed by atoms with E-state index in [1.807, 2.05) is 31.2 Å². The highest BCUT2D eigenvalue weighted by atomic mass is 16.2. The average molecular weight is 475 g/mol. The van der Waals surface area contributed by atoms with Crippen LogP contribution in [0.2, 0.25) is 0 Å². The molecule has 4 rings (SSSR count). The zero-order valence-corrected chi connectivity index (χ0v) is 19.8. The van der Waals surface area contributed by atoms with Crippen LogP contribution in [0.5, 0.6) is 0 Å². The van der Waals surface area contributed by atoms with Crippen molar-refractivity contribution in [2.45, 2.75) is 32.6 Å². The highest BCUT2D eigenvalue weighted by Gasteiger charge is 2.17. The molecule has 0 unspecified atom stereocenters. The van der Waals surface area contributed by atoms with Crippen molar-refractivity contribution in [1.82, 2.24) is 14.7 Å². The molecule has 0 radical (unpaired) electrons. The molecule has 0 aliphatic carbocycles. The van der Waals surface area contributed by atoms with Crippen LogP contribution in [0, 0.1) is 6.92 Å². The largest absolute Gasteiger partial charge is 0.325 e. The van der Waals surface area contributed by atoms with Gasteiger partial charge < -0.3 is 16.0 Å². The Balaban J connectivity index is 1.30. The van der Waals surface area contributed by atoms with Gasteiger partial charge in [0.2, 0.25) is 5.91 Å². The number of hydrogen-bond acceptors (Lipinski definition) is 5. The highest BCUT2D eigenvalue weighted by Crippen LogP contribution is 2.16. The summed E-state index contributed by atoms with van der Waals surface area (Å²) in [4.78, 5) is 39.4. The third-order valence-electron chi connectivity index (χ3n) is 5.81. The normalized spacial score (nSPS) is 14.1. The smallest absolute Gasteiger partial charge is 0.315 e. The maximum Gasteiger partial charge on any atom is 0.315 e. The summed E-state index contributed by atoms with van der Waals surface area (Å²) in [6, 6.07) is 16.1. The Morgan fingerprint density at radius 2 is 1.49 bits per heavy atom. The number of amides is 3. The molecule has 1 fully saturated rings. The van der Waals surface area contributed by atoms with Gasteiger partial charge in [-0.3, -0.25) is 19.3 Å². The lowest BCUT2D eigenvalue weighted by Gasteiger charge is -2.19. The van der Waals surface area contributed by atoms with Crippen LogP contribution in [0.25, 0.3) is 5.69 Å². The van der Waals surface area contributed by atoms with Gasteiger partial charge >= 0.3 is 11.8 Å². The van der Waals surface area contributed by atoms with Gasteiger partial charge in [-0.05, 0) is 63.2 Å². The second-order valence-electron chi connectivity index (χ2n) is 8.71. The minimum Gasteiger partial charge on any atom is -0.325 e. The number of likely N-dealkylation sites (tertiary alicyclic amines) is 1.